The Morgan fingerprint density at radius 1 is 1.09 bits per heavy atom. The zero-order valence-corrected chi connectivity index (χ0v) is 19.7. The van der Waals surface area contributed by atoms with E-state index >= 15 is 0 Å². The molecule has 8 heteroatoms. The van der Waals surface area contributed by atoms with E-state index in [0.29, 0.717) is 37.9 Å². The van der Waals surface area contributed by atoms with Crippen LogP contribution < -0.4 is 10.6 Å². The Balaban J connectivity index is 1.07. The SMILES string of the molecule is O=C(CC[C@@H]1NC(=O)N(CCc2c[nH]c3ccccc23)C1=O)NC[C@H]1CCCN2CCCC[C@@H]12. The Morgan fingerprint density at radius 2 is 1.94 bits per heavy atom. The quantitative estimate of drug-likeness (QED) is 0.522. The Morgan fingerprint density at radius 3 is 2.85 bits per heavy atom. The van der Waals surface area contributed by atoms with Gasteiger partial charge < -0.3 is 20.5 Å². The molecule has 3 atom stereocenters. The molecule has 34 heavy (non-hydrogen) atoms. The predicted molar refractivity (Wildman–Crippen MR) is 130 cm³/mol. The van der Waals surface area contributed by atoms with Crippen molar-refractivity contribution in [3.8, 4) is 0 Å². The number of benzene rings is 1. The first-order chi connectivity index (χ1) is 16.6. The second kappa shape index (κ2) is 10.2. The van der Waals surface area contributed by atoms with Crippen LogP contribution in [0.4, 0.5) is 4.79 Å². The van der Waals surface area contributed by atoms with Crippen LogP contribution in [-0.2, 0) is 16.0 Å². The lowest BCUT2D eigenvalue weighted by Crippen LogP contribution is -2.51. The van der Waals surface area contributed by atoms with E-state index in [2.05, 4.69) is 20.5 Å². The fourth-order valence-corrected chi connectivity index (χ4v) is 5.98. The predicted octanol–water partition coefficient (Wildman–Crippen LogP) is 2.79. The van der Waals surface area contributed by atoms with Crippen molar-refractivity contribution in [3.05, 3.63) is 36.0 Å². The summed E-state index contributed by atoms with van der Waals surface area (Å²) < 4.78 is 0. The number of rotatable bonds is 8. The van der Waals surface area contributed by atoms with Crippen LogP contribution in [0, 0.1) is 5.92 Å². The highest BCUT2D eigenvalue weighted by molar-refractivity contribution is 6.04. The monoisotopic (exact) mass is 465 g/mol. The standard InChI is InChI=1S/C26H35N5O3/c32-24(28-17-19-6-5-14-30-13-4-3-9-23(19)30)11-10-22-25(33)31(26(34)29-22)15-12-18-16-27-21-8-2-1-7-20(18)21/h1-2,7-8,16,19,22-23,27H,3-6,9-15,17H2,(H,28,32)(H,29,34)/t19-,22+,23+/m1/s1. The first kappa shape index (κ1) is 22.9. The minimum absolute atomic E-state index is 0.0350. The van der Waals surface area contributed by atoms with Gasteiger partial charge in [-0.25, -0.2) is 4.79 Å². The van der Waals surface area contributed by atoms with E-state index < -0.39 is 6.04 Å². The number of nitrogens with one attached hydrogen (secondary N) is 3. The number of imide groups is 1. The van der Waals surface area contributed by atoms with Crippen LogP contribution in [0.1, 0.15) is 50.5 Å². The molecular formula is C26H35N5O3. The first-order valence-corrected chi connectivity index (χ1v) is 12.8. The van der Waals surface area contributed by atoms with Gasteiger partial charge in [0.15, 0.2) is 0 Å². The molecule has 0 aliphatic carbocycles. The van der Waals surface area contributed by atoms with E-state index in [0.717, 1.165) is 16.5 Å². The molecule has 0 bridgehead atoms. The van der Waals surface area contributed by atoms with Gasteiger partial charge in [-0.2, -0.15) is 0 Å². The highest BCUT2D eigenvalue weighted by Gasteiger charge is 2.38. The minimum atomic E-state index is -0.621. The Bertz CT molecular complexity index is 1050. The van der Waals surface area contributed by atoms with Crippen LogP contribution >= 0.6 is 0 Å². The first-order valence-electron chi connectivity index (χ1n) is 12.8. The number of fused-ring (bicyclic) bond motifs is 2. The molecule has 0 saturated carbocycles. The molecule has 3 saturated heterocycles. The summed E-state index contributed by atoms with van der Waals surface area (Å²) in [6, 6.07) is 7.61. The van der Waals surface area contributed by atoms with Gasteiger partial charge in [-0.15, -0.1) is 0 Å². The molecule has 8 nitrogen and oxygen atoms in total. The molecule has 1 aromatic heterocycles. The number of aromatic nitrogens is 1. The lowest BCUT2D eigenvalue weighted by Gasteiger charge is -2.44. The van der Waals surface area contributed by atoms with Gasteiger partial charge in [0.1, 0.15) is 6.04 Å². The summed E-state index contributed by atoms with van der Waals surface area (Å²) in [6.07, 6.45) is 9.28. The number of para-hydroxylation sites is 1. The van der Waals surface area contributed by atoms with Gasteiger partial charge >= 0.3 is 6.03 Å². The highest BCUT2D eigenvalue weighted by atomic mass is 16.2. The minimum Gasteiger partial charge on any atom is -0.361 e. The smallest absolute Gasteiger partial charge is 0.324 e. The molecule has 0 spiro atoms. The number of carbonyl (C=O) groups is 3. The van der Waals surface area contributed by atoms with Crippen LogP contribution in [0.15, 0.2) is 30.5 Å². The van der Waals surface area contributed by atoms with Crippen molar-refractivity contribution >= 4 is 28.7 Å². The van der Waals surface area contributed by atoms with Gasteiger partial charge in [-0.1, -0.05) is 24.6 Å². The number of piperidine rings is 2. The van der Waals surface area contributed by atoms with E-state index in [9.17, 15) is 14.4 Å². The summed E-state index contributed by atoms with van der Waals surface area (Å²) in [5.41, 5.74) is 2.13. The Labute approximate surface area is 200 Å². The lowest BCUT2D eigenvalue weighted by atomic mass is 9.83. The normalized spacial score (nSPS) is 25.4. The van der Waals surface area contributed by atoms with Crippen molar-refractivity contribution in [1.82, 2.24) is 25.4 Å². The zero-order chi connectivity index (χ0) is 23.5. The van der Waals surface area contributed by atoms with Gasteiger partial charge in [0, 0.05) is 42.7 Å². The van der Waals surface area contributed by atoms with E-state index in [4.69, 9.17) is 0 Å². The molecule has 4 amide bonds. The molecule has 3 N–H and O–H groups in total. The third-order valence-corrected chi connectivity index (χ3v) is 7.84. The van der Waals surface area contributed by atoms with Gasteiger partial charge in [0.05, 0.1) is 0 Å². The second-order valence-corrected chi connectivity index (χ2v) is 9.95. The van der Waals surface area contributed by atoms with E-state index in [1.54, 1.807) is 0 Å². The molecule has 182 valence electrons. The van der Waals surface area contributed by atoms with Gasteiger partial charge in [-0.3, -0.25) is 14.5 Å². The molecule has 2 aromatic rings. The van der Waals surface area contributed by atoms with Crippen LogP contribution in [0.25, 0.3) is 10.9 Å². The average Bonchev–Trinajstić information content (AvgIpc) is 3.39. The van der Waals surface area contributed by atoms with E-state index in [1.807, 2.05) is 30.5 Å². The fraction of sp³-hybridized carbons (Fsp3) is 0.577. The van der Waals surface area contributed by atoms with E-state index in [-0.39, 0.29) is 24.3 Å². The van der Waals surface area contributed by atoms with Crippen LogP contribution in [0.3, 0.4) is 0 Å². The lowest BCUT2D eigenvalue weighted by molar-refractivity contribution is -0.127. The molecule has 1 aromatic carbocycles. The van der Waals surface area contributed by atoms with Gasteiger partial charge in [0.2, 0.25) is 5.91 Å². The summed E-state index contributed by atoms with van der Waals surface area (Å²) in [6.45, 7) is 3.42. The third-order valence-electron chi connectivity index (χ3n) is 7.84. The summed E-state index contributed by atoms with van der Waals surface area (Å²) in [5.74, 6) is 0.251. The van der Waals surface area contributed by atoms with Crippen LogP contribution in [0.5, 0.6) is 0 Å². The summed E-state index contributed by atoms with van der Waals surface area (Å²) in [4.78, 5) is 44.8. The number of urea groups is 1. The number of nitrogens with zero attached hydrogens (tertiary/aromatic N) is 2. The van der Waals surface area contributed by atoms with Crippen molar-refractivity contribution in [2.24, 2.45) is 5.92 Å². The largest absolute Gasteiger partial charge is 0.361 e. The van der Waals surface area contributed by atoms with Crippen molar-refractivity contribution in [3.63, 3.8) is 0 Å². The molecule has 5 rings (SSSR count). The van der Waals surface area contributed by atoms with Crippen molar-refractivity contribution in [2.75, 3.05) is 26.2 Å². The van der Waals surface area contributed by atoms with Crippen LogP contribution in [-0.4, -0.2) is 70.9 Å². The topological polar surface area (TPSA) is 97.5 Å². The third kappa shape index (κ3) is 4.82. The number of hydrogen-bond acceptors (Lipinski definition) is 4. The highest BCUT2D eigenvalue weighted by Crippen LogP contribution is 2.30. The maximum atomic E-state index is 12.8. The summed E-state index contributed by atoms with van der Waals surface area (Å²) >= 11 is 0. The molecule has 3 aliphatic heterocycles. The van der Waals surface area contributed by atoms with Crippen molar-refractivity contribution < 1.29 is 14.4 Å². The molecule has 4 heterocycles. The maximum absolute atomic E-state index is 12.8. The molecular weight excluding hydrogens is 430 g/mol. The summed E-state index contributed by atoms with van der Waals surface area (Å²) in [7, 11) is 0. The maximum Gasteiger partial charge on any atom is 0.324 e. The molecule has 0 radical (unpaired) electrons. The van der Waals surface area contributed by atoms with Crippen molar-refractivity contribution in [1.29, 1.82) is 0 Å². The molecule has 3 aliphatic rings. The van der Waals surface area contributed by atoms with Crippen molar-refractivity contribution in [2.45, 2.75) is 63.5 Å². The molecule has 0 unspecified atom stereocenters. The number of hydrogen-bond donors (Lipinski definition) is 3. The van der Waals surface area contributed by atoms with Crippen LogP contribution in [0.2, 0.25) is 0 Å². The number of aromatic amines is 1. The number of H-pyrrole nitrogens is 1. The second-order valence-electron chi connectivity index (χ2n) is 9.95. The van der Waals surface area contributed by atoms with Gasteiger partial charge in [0.25, 0.3) is 5.91 Å². The average molecular weight is 466 g/mol. The zero-order valence-electron chi connectivity index (χ0n) is 19.7. The number of carbonyl (C=O) groups excluding carboxylic acids is 3. The Hall–Kier alpha value is -2.87. The number of amides is 4. The molecule has 3 fully saturated rings. The van der Waals surface area contributed by atoms with E-state index in [1.165, 1.54) is 50.1 Å². The van der Waals surface area contributed by atoms with Gasteiger partial charge in [-0.05, 0) is 69.2 Å². The Kier molecular flexibility index (Phi) is 6.85. The fourth-order valence-electron chi connectivity index (χ4n) is 5.98. The summed E-state index contributed by atoms with van der Waals surface area (Å²) in [5, 5.41) is 6.97.